The van der Waals surface area contributed by atoms with Gasteiger partial charge in [-0.1, -0.05) is 0 Å². The van der Waals surface area contributed by atoms with Gasteiger partial charge >= 0.3 is 7.60 Å². The van der Waals surface area contributed by atoms with Crippen LogP contribution in [0.1, 0.15) is 0 Å². The topological polar surface area (TPSA) is 118 Å². The first-order chi connectivity index (χ1) is 10.9. The van der Waals surface area contributed by atoms with Gasteiger partial charge in [-0.25, -0.2) is 9.97 Å². The van der Waals surface area contributed by atoms with Crippen LogP contribution in [0.2, 0.25) is 0 Å². The van der Waals surface area contributed by atoms with Crippen molar-refractivity contribution < 1.29 is 19.1 Å². The molecule has 2 N–H and O–H groups in total. The summed E-state index contributed by atoms with van der Waals surface area (Å²) in [5.74, 6) is 1.26. The molecule has 23 heavy (non-hydrogen) atoms. The number of anilines is 1. The predicted octanol–water partition coefficient (Wildman–Crippen LogP) is 0.297. The summed E-state index contributed by atoms with van der Waals surface area (Å²) in [4.78, 5) is 32.5. The molecule has 10 nitrogen and oxygen atoms in total. The highest BCUT2D eigenvalue weighted by Gasteiger charge is 2.16. The lowest BCUT2D eigenvalue weighted by Crippen LogP contribution is -2.13. The van der Waals surface area contributed by atoms with Crippen molar-refractivity contribution in [1.82, 2.24) is 23.9 Å². The number of hydrogen-bond acceptors (Lipinski definition) is 6. The van der Waals surface area contributed by atoms with Crippen molar-refractivity contribution in [3.63, 3.8) is 0 Å². The molecule has 0 amide bonds. The van der Waals surface area contributed by atoms with E-state index in [1.165, 1.54) is 0 Å². The molecule has 3 rings (SSSR count). The summed E-state index contributed by atoms with van der Waals surface area (Å²) < 4.78 is 19.5. The Labute approximate surface area is 131 Å². The van der Waals surface area contributed by atoms with Crippen LogP contribution in [-0.2, 0) is 15.8 Å². The second kappa shape index (κ2) is 5.89. The van der Waals surface area contributed by atoms with Crippen LogP contribution in [0.3, 0.4) is 0 Å². The van der Waals surface area contributed by atoms with E-state index in [4.69, 9.17) is 14.5 Å². The molecule has 0 atom stereocenters. The maximum Gasteiger partial charge on any atom is 0.350 e. The van der Waals surface area contributed by atoms with Crippen LogP contribution in [0.15, 0.2) is 18.7 Å². The van der Waals surface area contributed by atoms with Crippen molar-refractivity contribution in [3.8, 4) is 0 Å². The number of nitrogens with zero attached hydrogens (tertiary/aromatic N) is 6. The van der Waals surface area contributed by atoms with Gasteiger partial charge < -0.3 is 24.0 Å². The molecule has 0 saturated heterocycles. The SMILES string of the molecule is CN(C)c1nc2nccn2c2c1ncn2CCOCP(=O)(O)O. The summed E-state index contributed by atoms with van der Waals surface area (Å²) in [5, 5.41) is 0. The quantitative estimate of drug-likeness (QED) is 0.486. The minimum absolute atomic E-state index is 0.159. The molecule has 0 radical (unpaired) electrons. The van der Waals surface area contributed by atoms with E-state index in [2.05, 4.69) is 15.0 Å². The average molecular weight is 340 g/mol. The van der Waals surface area contributed by atoms with Crippen LogP contribution >= 0.6 is 7.60 Å². The van der Waals surface area contributed by atoms with Crippen LogP contribution in [0.5, 0.6) is 0 Å². The highest BCUT2D eigenvalue weighted by Crippen LogP contribution is 2.33. The predicted molar refractivity (Wildman–Crippen MR) is 83.5 cm³/mol. The number of hydrogen-bond donors (Lipinski definition) is 2. The second-order valence-corrected chi connectivity index (χ2v) is 6.83. The summed E-state index contributed by atoms with van der Waals surface area (Å²) in [6.07, 6.45) is 4.51. The van der Waals surface area contributed by atoms with Crippen molar-refractivity contribution in [2.24, 2.45) is 0 Å². The van der Waals surface area contributed by atoms with Gasteiger partial charge in [0.1, 0.15) is 11.9 Å². The zero-order chi connectivity index (χ0) is 16.6. The molecular weight excluding hydrogens is 323 g/mol. The molecule has 3 aromatic rings. The van der Waals surface area contributed by atoms with E-state index in [1.54, 1.807) is 18.7 Å². The molecule has 0 aromatic carbocycles. The van der Waals surface area contributed by atoms with Gasteiger partial charge in [0.25, 0.3) is 0 Å². The molecule has 0 saturated carbocycles. The Balaban J connectivity index is 1.94. The normalized spacial score (nSPS) is 12.3. The summed E-state index contributed by atoms with van der Waals surface area (Å²) in [7, 11) is -0.393. The molecule has 124 valence electrons. The van der Waals surface area contributed by atoms with Crippen LogP contribution in [0, 0.1) is 0 Å². The van der Waals surface area contributed by atoms with Gasteiger partial charge in [0.05, 0.1) is 12.9 Å². The third-order valence-corrected chi connectivity index (χ3v) is 3.76. The lowest BCUT2D eigenvalue weighted by atomic mass is 10.4. The van der Waals surface area contributed by atoms with Gasteiger partial charge in [0.15, 0.2) is 11.5 Å². The summed E-state index contributed by atoms with van der Waals surface area (Å²) >= 11 is 0. The van der Waals surface area contributed by atoms with Crippen molar-refractivity contribution in [1.29, 1.82) is 0 Å². The number of ether oxygens (including phenoxy) is 1. The first-order valence-corrected chi connectivity index (χ1v) is 8.64. The first-order valence-electron chi connectivity index (χ1n) is 6.84. The van der Waals surface area contributed by atoms with E-state index >= 15 is 0 Å². The van der Waals surface area contributed by atoms with E-state index in [0.717, 1.165) is 11.2 Å². The fraction of sp³-hybridized carbons (Fsp3) is 0.417. The molecular formula is C12H17N6O4P. The van der Waals surface area contributed by atoms with Gasteiger partial charge in [0.2, 0.25) is 5.78 Å². The van der Waals surface area contributed by atoms with E-state index in [-0.39, 0.29) is 6.61 Å². The molecule has 3 aromatic heterocycles. The van der Waals surface area contributed by atoms with Gasteiger partial charge in [-0.15, -0.1) is 0 Å². The summed E-state index contributed by atoms with van der Waals surface area (Å²) in [5.41, 5.74) is 1.52. The van der Waals surface area contributed by atoms with E-state index in [0.29, 0.717) is 18.1 Å². The van der Waals surface area contributed by atoms with Crippen LogP contribution in [0.25, 0.3) is 16.9 Å². The highest BCUT2D eigenvalue weighted by atomic mass is 31.2. The first kappa shape index (κ1) is 15.9. The van der Waals surface area contributed by atoms with Crippen LogP contribution < -0.4 is 4.90 Å². The zero-order valence-corrected chi connectivity index (χ0v) is 13.6. The Bertz CT molecular complexity index is 882. The highest BCUT2D eigenvalue weighted by molar-refractivity contribution is 7.51. The van der Waals surface area contributed by atoms with Gasteiger partial charge in [-0.05, 0) is 0 Å². The summed E-state index contributed by atoms with van der Waals surface area (Å²) in [6, 6.07) is 0. The molecule has 0 unspecified atom stereocenters. The monoisotopic (exact) mass is 340 g/mol. The zero-order valence-electron chi connectivity index (χ0n) is 12.7. The van der Waals surface area contributed by atoms with Crippen molar-refractivity contribution in [3.05, 3.63) is 18.7 Å². The standard InChI is InChI=1S/C12H17N6O4P/c1-16(2)10-9-11(18-4-3-13-12(18)15-10)17(7-14-9)5-6-22-8-23(19,20)21/h3-4,7H,5-6,8H2,1-2H3,(H2,19,20,21). The number of rotatable bonds is 6. The smallest absolute Gasteiger partial charge is 0.350 e. The van der Waals surface area contributed by atoms with Gasteiger partial charge in [-0.2, -0.15) is 4.98 Å². The number of fused-ring (bicyclic) bond motifs is 3. The Hall–Kier alpha value is -2.00. The van der Waals surface area contributed by atoms with Crippen molar-refractivity contribution in [2.45, 2.75) is 6.54 Å². The lowest BCUT2D eigenvalue weighted by Gasteiger charge is -2.13. The number of imidazole rings is 2. The van der Waals surface area contributed by atoms with Gasteiger partial charge in [0, 0.05) is 33.0 Å². The molecule has 0 fully saturated rings. The molecule has 0 aliphatic rings. The molecule has 0 aliphatic heterocycles. The molecule has 0 spiro atoms. The van der Waals surface area contributed by atoms with Crippen molar-refractivity contribution in [2.75, 3.05) is 32.0 Å². The Morgan fingerprint density at radius 3 is 2.83 bits per heavy atom. The lowest BCUT2D eigenvalue weighted by molar-refractivity contribution is 0.149. The van der Waals surface area contributed by atoms with E-state index in [9.17, 15) is 4.57 Å². The Kier molecular flexibility index (Phi) is 4.07. The Morgan fingerprint density at radius 1 is 1.35 bits per heavy atom. The van der Waals surface area contributed by atoms with E-state index < -0.39 is 13.9 Å². The molecule has 0 bridgehead atoms. The third-order valence-electron chi connectivity index (χ3n) is 3.24. The van der Waals surface area contributed by atoms with Gasteiger partial charge in [-0.3, -0.25) is 8.97 Å². The maximum atomic E-state index is 10.8. The maximum absolute atomic E-state index is 10.8. The molecule has 3 heterocycles. The summed E-state index contributed by atoms with van der Waals surface area (Å²) in [6.45, 7) is 0.563. The largest absolute Gasteiger partial charge is 0.367 e. The molecule has 0 aliphatic carbocycles. The second-order valence-electron chi connectivity index (χ2n) is 5.24. The van der Waals surface area contributed by atoms with Crippen LogP contribution in [-0.4, -0.2) is 60.8 Å². The number of aromatic nitrogens is 5. The minimum Gasteiger partial charge on any atom is -0.367 e. The van der Waals surface area contributed by atoms with Crippen molar-refractivity contribution >= 4 is 30.4 Å². The van der Waals surface area contributed by atoms with E-state index in [1.807, 2.05) is 28.0 Å². The minimum atomic E-state index is -4.15. The Morgan fingerprint density at radius 2 is 2.13 bits per heavy atom. The molecule has 11 heteroatoms. The fourth-order valence-electron chi connectivity index (χ4n) is 2.30. The fourth-order valence-corrected chi connectivity index (χ4v) is 2.67. The van der Waals surface area contributed by atoms with Crippen LogP contribution in [0.4, 0.5) is 5.82 Å². The average Bonchev–Trinajstić information content (AvgIpc) is 3.07. The third kappa shape index (κ3) is 3.20.